The lowest BCUT2D eigenvalue weighted by Gasteiger charge is -2.17. The minimum Gasteiger partial charge on any atom is -0.357 e. The Labute approximate surface area is 148 Å². The lowest BCUT2D eigenvalue weighted by molar-refractivity contribution is 0.615. The molecule has 0 amide bonds. The van der Waals surface area contributed by atoms with Crippen LogP contribution in [0.1, 0.15) is 31.7 Å². The molecule has 1 aromatic heterocycles. The van der Waals surface area contributed by atoms with Crippen LogP contribution in [0.25, 0.3) is 10.9 Å². The maximum Gasteiger partial charge on any atom is 0.191 e. The lowest BCUT2D eigenvalue weighted by Crippen LogP contribution is -2.42. The van der Waals surface area contributed by atoms with Crippen molar-refractivity contribution in [1.29, 1.82) is 0 Å². The van der Waals surface area contributed by atoms with Gasteiger partial charge in [0, 0.05) is 29.4 Å². The summed E-state index contributed by atoms with van der Waals surface area (Å²) >= 11 is 1.98. The van der Waals surface area contributed by atoms with E-state index in [2.05, 4.69) is 53.1 Å². The first-order valence-electron chi connectivity index (χ1n) is 8.70. The number of guanidine groups is 1. The zero-order chi connectivity index (χ0) is 16.8. The second-order valence-electron chi connectivity index (χ2n) is 6.20. The van der Waals surface area contributed by atoms with Crippen molar-refractivity contribution in [2.75, 3.05) is 12.8 Å². The number of aliphatic imine (C=N–C) groups is 1. The van der Waals surface area contributed by atoms with Crippen molar-refractivity contribution in [3.63, 3.8) is 0 Å². The molecular formula is C19H26N4S. The van der Waals surface area contributed by atoms with Crippen LogP contribution in [-0.2, 0) is 6.54 Å². The zero-order valence-corrected chi connectivity index (χ0v) is 15.3. The first kappa shape index (κ1) is 17.1. The van der Waals surface area contributed by atoms with Gasteiger partial charge in [-0.15, -0.1) is 0 Å². The fourth-order valence-corrected chi connectivity index (χ4v) is 4.05. The number of rotatable bonds is 5. The van der Waals surface area contributed by atoms with E-state index in [9.17, 15) is 0 Å². The maximum absolute atomic E-state index is 4.80. The van der Waals surface area contributed by atoms with Gasteiger partial charge in [0.1, 0.15) is 0 Å². The molecule has 0 radical (unpaired) electrons. The number of hydrogen-bond acceptors (Lipinski definition) is 3. The molecule has 2 unspecified atom stereocenters. The summed E-state index contributed by atoms with van der Waals surface area (Å²) in [4.78, 5) is 9.31. The van der Waals surface area contributed by atoms with E-state index in [-0.39, 0.29) is 0 Å². The fourth-order valence-electron chi connectivity index (χ4n) is 3.26. The van der Waals surface area contributed by atoms with Crippen molar-refractivity contribution in [1.82, 2.24) is 15.6 Å². The van der Waals surface area contributed by atoms with Gasteiger partial charge in [-0.05, 0) is 44.1 Å². The number of nitrogens with zero attached hydrogens (tertiary/aromatic N) is 2. The van der Waals surface area contributed by atoms with Crippen LogP contribution < -0.4 is 10.6 Å². The first-order chi connectivity index (χ1) is 11.8. The molecule has 1 aliphatic carbocycles. The van der Waals surface area contributed by atoms with Crippen molar-refractivity contribution in [2.45, 2.75) is 44.0 Å². The van der Waals surface area contributed by atoms with E-state index in [1.165, 1.54) is 30.2 Å². The Balaban J connectivity index is 1.71. The summed E-state index contributed by atoms with van der Waals surface area (Å²) in [7, 11) is 0. The van der Waals surface area contributed by atoms with Crippen molar-refractivity contribution in [3.8, 4) is 0 Å². The first-order valence-corrected chi connectivity index (χ1v) is 9.99. The topological polar surface area (TPSA) is 49.3 Å². The molecule has 2 aromatic rings. The van der Waals surface area contributed by atoms with Crippen LogP contribution in [0, 0.1) is 0 Å². The highest BCUT2D eigenvalue weighted by atomic mass is 32.2. The molecule has 0 spiro atoms. The average molecular weight is 343 g/mol. The van der Waals surface area contributed by atoms with E-state index in [1.807, 2.05) is 24.0 Å². The Morgan fingerprint density at radius 1 is 1.29 bits per heavy atom. The molecule has 0 aliphatic heterocycles. The largest absolute Gasteiger partial charge is 0.357 e. The summed E-state index contributed by atoms with van der Waals surface area (Å²) in [5.74, 6) is 0.914. The summed E-state index contributed by atoms with van der Waals surface area (Å²) in [6, 6.07) is 10.9. The Bertz CT molecular complexity index is 695. The highest BCUT2D eigenvalue weighted by molar-refractivity contribution is 7.99. The number of benzene rings is 1. The van der Waals surface area contributed by atoms with Gasteiger partial charge in [-0.1, -0.05) is 24.3 Å². The summed E-state index contributed by atoms with van der Waals surface area (Å²) in [5.41, 5.74) is 2.21. The van der Waals surface area contributed by atoms with Gasteiger partial charge in [0.15, 0.2) is 5.96 Å². The van der Waals surface area contributed by atoms with E-state index >= 15 is 0 Å². The Kier molecular flexibility index (Phi) is 5.96. The number of fused-ring (bicyclic) bond motifs is 1. The highest BCUT2D eigenvalue weighted by Crippen LogP contribution is 2.28. The van der Waals surface area contributed by atoms with E-state index in [1.54, 1.807) is 0 Å². The normalized spacial score (nSPS) is 21.2. The standard InChI is InChI=1S/C19H26N4S/c1-3-20-19(23-16-9-10-17(12-16)24-2)22-13-15-7-4-6-14-8-5-11-21-18(14)15/h4-8,11,16-17H,3,9-10,12-13H2,1-2H3,(H2,20,22,23). The molecule has 2 atom stereocenters. The number of para-hydroxylation sites is 1. The number of hydrogen-bond donors (Lipinski definition) is 2. The summed E-state index contributed by atoms with van der Waals surface area (Å²) in [6.45, 7) is 3.62. The molecule has 5 heteroatoms. The van der Waals surface area contributed by atoms with Gasteiger partial charge < -0.3 is 10.6 Å². The molecular weight excluding hydrogens is 316 g/mol. The van der Waals surface area contributed by atoms with Gasteiger partial charge >= 0.3 is 0 Å². The third-order valence-electron chi connectivity index (χ3n) is 4.53. The molecule has 1 heterocycles. The van der Waals surface area contributed by atoms with Gasteiger partial charge in [-0.25, -0.2) is 4.99 Å². The minimum absolute atomic E-state index is 0.533. The molecule has 2 N–H and O–H groups in total. The van der Waals surface area contributed by atoms with Crippen LogP contribution in [0.4, 0.5) is 0 Å². The lowest BCUT2D eigenvalue weighted by atomic mass is 10.1. The van der Waals surface area contributed by atoms with E-state index in [0.29, 0.717) is 12.6 Å². The van der Waals surface area contributed by atoms with Gasteiger partial charge in [0.2, 0.25) is 0 Å². The second kappa shape index (κ2) is 8.38. The minimum atomic E-state index is 0.533. The van der Waals surface area contributed by atoms with Crippen LogP contribution in [0.5, 0.6) is 0 Å². The predicted molar refractivity (Wildman–Crippen MR) is 105 cm³/mol. The van der Waals surface area contributed by atoms with Crippen LogP contribution in [0.15, 0.2) is 41.5 Å². The molecule has 1 aliphatic rings. The monoisotopic (exact) mass is 342 g/mol. The Morgan fingerprint density at radius 3 is 2.96 bits per heavy atom. The smallest absolute Gasteiger partial charge is 0.191 e. The molecule has 0 saturated heterocycles. The number of nitrogens with one attached hydrogen (secondary N) is 2. The SMILES string of the molecule is CCNC(=NCc1cccc2cccnc12)NC1CCC(SC)C1. The van der Waals surface area contributed by atoms with E-state index < -0.39 is 0 Å². The zero-order valence-electron chi connectivity index (χ0n) is 14.5. The van der Waals surface area contributed by atoms with Gasteiger partial charge in [0.25, 0.3) is 0 Å². The average Bonchev–Trinajstić information content (AvgIpc) is 3.07. The Hall–Kier alpha value is -1.75. The van der Waals surface area contributed by atoms with Crippen LogP contribution >= 0.6 is 11.8 Å². The van der Waals surface area contributed by atoms with Crippen molar-refractivity contribution >= 4 is 28.6 Å². The van der Waals surface area contributed by atoms with Crippen molar-refractivity contribution < 1.29 is 0 Å². The molecule has 3 rings (SSSR count). The molecule has 128 valence electrons. The van der Waals surface area contributed by atoms with Gasteiger partial charge in [-0.3, -0.25) is 4.98 Å². The molecule has 0 bridgehead atoms. The number of pyridine rings is 1. The van der Waals surface area contributed by atoms with Gasteiger partial charge in [-0.2, -0.15) is 11.8 Å². The van der Waals surface area contributed by atoms with Crippen LogP contribution in [0.2, 0.25) is 0 Å². The molecule has 4 nitrogen and oxygen atoms in total. The van der Waals surface area contributed by atoms with E-state index in [0.717, 1.165) is 23.3 Å². The van der Waals surface area contributed by atoms with Crippen molar-refractivity contribution in [2.24, 2.45) is 4.99 Å². The highest BCUT2D eigenvalue weighted by Gasteiger charge is 2.24. The van der Waals surface area contributed by atoms with E-state index in [4.69, 9.17) is 4.99 Å². The maximum atomic E-state index is 4.80. The molecule has 1 aromatic carbocycles. The summed E-state index contributed by atoms with van der Waals surface area (Å²) in [5, 5.41) is 8.93. The molecule has 1 fully saturated rings. The summed E-state index contributed by atoms with van der Waals surface area (Å²) < 4.78 is 0. The van der Waals surface area contributed by atoms with Crippen LogP contribution in [-0.4, -0.2) is 35.0 Å². The third kappa shape index (κ3) is 4.20. The predicted octanol–water partition coefficient (Wildman–Crippen LogP) is 3.57. The fraction of sp³-hybridized carbons (Fsp3) is 0.474. The third-order valence-corrected chi connectivity index (χ3v) is 5.62. The van der Waals surface area contributed by atoms with Crippen LogP contribution in [0.3, 0.4) is 0 Å². The Morgan fingerprint density at radius 2 is 2.17 bits per heavy atom. The number of aromatic nitrogens is 1. The van der Waals surface area contributed by atoms with Crippen molar-refractivity contribution in [3.05, 3.63) is 42.1 Å². The second-order valence-corrected chi connectivity index (χ2v) is 7.34. The quantitative estimate of drug-likeness (QED) is 0.644. The number of thioether (sulfide) groups is 1. The molecule has 1 saturated carbocycles. The molecule has 24 heavy (non-hydrogen) atoms. The van der Waals surface area contributed by atoms with Gasteiger partial charge in [0.05, 0.1) is 12.1 Å². The summed E-state index contributed by atoms with van der Waals surface area (Å²) in [6.07, 6.45) is 7.80.